The molecule has 1 aliphatic rings. The van der Waals surface area contributed by atoms with Crippen molar-refractivity contribution in [3.63, 3.8) is 0 Å². The van der Waals surface area contributed by atoms with Gasteiger partial charge < -0.3 is 5.32 Å². The minimum absolute atomic E-state index is 0.156. The van der Waals surface area contributed by atoms with E-state index in [1.807, 2.05) is 0 Å². The molecular formula is C18H18Cl2N2O3S. The lowest BCUT2D eigenvalue weighted by Crippen LogP contribution is -2.35. The molecule has 26 heavy (non-hydrogen) atoms. The van der Waals surface area contributed by atoms with Crippen LogP contribution < -0.4 is 5.32 Å². The second kappa shape index (κ2) is 7.96. The fraction of sp³-hybridized carbons (Fsp3) is 0.278. The van der Waals surface area contributed by atoms with Gasteiger partial charge >= 0.3 is 0 Å². The maximum absolute atomic E-state index is 12.8. The van der Waals surface area contributed by atoms with Gasteiger partial charge in [0, 0.05) is 18.8 Å². The van der Waals surface area contributed by atoms with Gasteiger partial charge in [-0.1, -0.05) is 41.8 Å². The molecule has 1 fully saturated rings. The Morgan fingerprint density at radius 1 is 1.00 bits per heavy atom. The van der Waals surface area contributed by atoms with Crippen LogP contribution >= 0.6 is 23.2 Å². The second-order valence-corrected chi connectivity index (χ2v) is 8.77. The third kappa shape index (κ3) is 4.04. The molecular weight excluding hydrogens is 395 g/mol. The molecule has 5 nitrogen and oxygen atoms in total. The van der Waals surface area contributed by atoms with Gasteiger partial charge in [0.2, 0.25) is 10.0 Å². The summed E-state index contributed by atoms with van der Waals surface area (Å²) in [5.41, 5.74) is 0.604. The molecule has 0 saturated carbocycles. The smallest absolute Gasteiger partial charge is 0.257 e. The molecule has 0 aromatic heterocycles. The molecule has 0 aliphatic carbocycles. The molecule has 138 valence electrons. The number of hydrogen-bond donors (Lipinski definition) is 1. The first-order valence-corrected chi connectivity index (χ1v) is 10.4. The van der Waals surface area contributed by atoms with Crippen molar-refractivity contribution in [2.24, 2.45) is 0 Å². The zero-order valence-corrected chi connectivity index (χ0v) is 16.2. The number of nitrogens with zero attached hydrogens (tertiary/aromatic N) is 1. The van der Waals surface area contributed by atoms with Crippen LogP contribution in [-0.4, -0.2) is 31.7 Å². The van der Waals surface area contributed by atoms with Crippen molar-refractivity contribution in [2.45, 2.75) is 24.2 Å². The second-order valence-electron chi connectivity index (χ2n) is 6.05. The lowest BCUT2D eigenvalue weighted by Gasteiger charge is -2.26. The summed E-state index contributed by atoms with van der Waals surface area (Å²) in [6.07, 6.45) is 2.77. The third-order valence-corrected chi connectivity index (χ3v) is 6.95. The summed E-state index contributed by atoms with van der Waals surface area (Å²) in [5.74, 6) is -0.454. The summed E-state index contributed by atoms with van der Waals surface area (Å²) in [7, 11) is -3.56. The molecule has 1 N–H and O–H groups in total. The van der Waals surface area contributed by atoms with E-state index in [-0.39, 0.29) is 20.5 Å². The lowest BCUT2D eigenvalue weighted by atomic mass is 10.2. The Balaban J connectivity index is 1.83. The van der Waals surface area contributed by atoms with Gasteiger partial charge in [-0.25, -0.2) is 8.42 Å². The van der Waals surface area contributed by atoms with Crippen molar-refractivity contribution in [1.29, 1.82) is 0 Å². The molecule has 0 radical (unpaired) electrons. The van der Waals surface area contributed by atoms with Gasteiger partial charge in [0.1, 0.15) is 0 Å². The summed E-state index contributed by atoms with van der Waals surface area (Å²) in [4.78, 5) is 12.6. The lowest BCUT2D eigenvalue weighted by molar-refractivity contribution is 0.102. The Morgan fingerprint density at radius 3 is 2.42 bits per heavy atom. The van der Waals surface area contributed by atoms with E-state index in [0.717, 1.165) is 19.3 Å². The largest absolute Gasteiger partial charge is 0.322 e. The third-order valence-electron chi connectivity index (χ3n) is 4.24. The summed E-state index contributed by atoms with van der Waals surface area (Å²) in [5, 5.41) is 3.11. The highest BCUT2D eigenvalue weighted by Gasteiger charge is 2.26. The number of nitrogens with one attached hydrogen (secondary N) is 1. The van der Waals surface area contributed by atoms with Gasteiger partial charge in [0.05, 0.1) is 20.5 Å². The predicted octanol–water partition coefficient (Wildman–Crippen LogP) is 4.42. The number of halogens is 2. The van der Waals surface area contributed by atoms with Crippen LogP contribution in [0.15, 0.2) is 47.4 Å². The molecule has 1 aliphatic heterocycles. The quantitative estimate of drug-likeness (QED) is 0.807. The van der Waals surface area contributed by atoms with Crippen LogP contribution in [0.3, 0.4) is 0 Å². The van der Waals surface area contributed by atoms with Crippen molar-refractivity contribution in [3.05, 3.63) is 58.1 Å². The van der Waals surface area contributed by atoms with E-state index in [2.05, 4.69) is 5.32 Å². The number of sulfonamides is 1. The zero-order chi connectivity index (χ0) is 18.7. The molecule has 0 unspecified atom stereocenters. The first kappa shape index (κ1) is 19.2. The molecule has 0 atom stereocenters. The summed E-state index contributed by atoms with van der Waals surface area (Å²) in [6.45, 7) is 1.05. The van der Waals surface area contributed by atoms with Crippen molar-refractivity contribution in [3.8, 4) is 0 Å². The first-order chi connectivity index (χ1) is 12.4. The van der Waals surface area contributed by atoms with E-state index < -0.39 is 15.9 Å². The number of carbonyl (C=O) groups excluding carboxylic acids is 1. The normalized spacial score (nSPS) is 15.6. The minimum Gasteiger partial charge on any atom is -0.322 e. The van der Waals surface area contributed by atoms with E-state index >= 15 is 0 Å². The number of anilines is 1. The van der Waals surface area contributed by atoms with Gasteiger partial charge in [0.25, 0.3) is 5.91 Å². The molecule has 1 heterocycles. The van der Waals surface area contributed by atoms with E-state index in [1.54, 1.807) is 30.3 Å². The van der Waals surface area contributed by atoms with E-state index in [4.69, 9.17) is 23.2 Å². The average Bonchev–Trinajstić information content (AvgIpc) is 2.65. The van der Waals surface area contributed by atoms with Gasteiger partial charge in [-0.3, -0.25) is 4.79 Å². The van der Waals surface area contributed by atoms with Crippen LogP contribution in [0, 0.1) is 0 Å². The Labute approximate surface area is 163 Å². The van der Waals surface area contributed by atoms with E-state index in [9.17, 15) is 13.2 Å². The van der Waals surface area contributed by atoms with E-state index in [0.29, 0.717) is 18.8 Å². The maximum atomic E-state index is 12.8. The van der Waals surface area contributed by atoms with E-state index in [1.165, 1.54) is 16.4 Å². The molecule has 8 heteroatoms. The van der Waals surface area contributed by atoms with Gasteiger partial charge in [-0.05, 0) is 43.2 Å². The first-order valence-electron chi connectivity index (χ1n) is 8.25. The van der Waals surface area contributed by atoms with Crippen LogP contribution in [-0.2, 0) is 10.0 Å². The fourth-order valence-electron chi connectivity index (χ4n) is 2.87. The predicted molar refractivity (Wildman–Crippen MR) is 103 cm³/mol. The molecule has 0 bridgehead atoms. The van der Waals surface area contributed by atoms with Gasteiger partial charge in [0.15, 0.2) is 0 Å². The number of amides is 1. The Morgan fingerprint density at radius 2 is 1.69 bits per heavy atom. The van der Waals surface area contributed by atoms with Crippen molar-refractivity contribution < 1.29 is 13.2 Å². The molecule has 2 aromatic rings. The number of rotatable bonds is 4. The molecule has 0 spiro atoms. The van der Waals surface area contributed by atoms with Crippen LogP contribution in [0.1, 0.15) is 29.6 Å². The number of hydrogen-bond acceptors (Lipinski definition) is 3. The molecule has 1 saturated heterocycles. The van der Waals surface area contributed by atoms with Crippen molar-refractivity contribution in [1.82, 2.24) is 4.31 Å². The number of piperidine rings is 1. The molecule has 3 rings (SSSR count). The summed E-state index contributed by atoms with van der Waals surface area (Å²) >= 11 is 12.0. The summed E-state index contributed by atoms with van der Waals surface area (Å²) < 4.78 is 27.0. The van der Waals surface area contributed by atoms with Gasteiger partial charge in [-0.2, -0.15) is 4.31 Å². The van der Waals surface area contributed by atoms with Crippen LogP contribution in [0.25, 0.3) is 0 Å². The topological polar surface area (TPSA) is 66.5 Å². The fourth-order valence-corrected chi connectivity index (χ4v) is 4.82. The SMILES string of the molecule is O=C(Nc1cccc(S(=O)(=O)N2CCCCC2)c1)c1cccc(Cl)c1Cl. The zero-order valence-electron chi connectivity index (χ0n) is 13.9. The highest BCUT2D eigenvalue weighted by Crippen LogP contribution is 2.27. The van der Waals surface area contributed by atoms with Crippen LogP contribution in [0.4, 0.5) is 5.69 Å². The summed E-state index contributed by atoms with van der Waals surface area (Å²) in [6, 6.07) is 11.0. The van der Waals surface area contributed by atoms with Crippen LogP contribution in [0.5, 0.6) is 0 Å². The Bertz CT molecular complexity index is 926. The van der Waals surface area contributed by atoms with Gasteiger partial charge in [-0.15, -0.1) is 0 Å². The monoisotopic (exact) mass is 412 g/mol. The molecule has 1 amide bonds. The highest BCUT2D eigenvalue weighted by atomic mass is 35.5. The Hall–Kier alpha value is -1.60. The highest BCUT2D eigenvalue weighted by molar-refractivity contribution is 7.89. The van der Waals surface area contributed by atoms with Crippen LogP contribution in [0.2, 0.25) is 10.0 Å². The maximum Gasteiger partial charge on any atom is 0.257 e. The number of benzene rings is 2. The Kier molecular flexibility index (Phi) is 5.87. The minimum atomic E-state index is -3.56. The standard InChI is InChI=1S/C18H18Cl2N2O3S/c19-16-9-5-8-15(17(16)20)18(23)21-13-6-4-7-14(12-13)26(24,25)22-10-2-1-3-11-22/h4-9,12H,1-3,10-11H2,(H,21,23). The van der Waals surface area contributed by atoms with Crippen molar-refractivity contribution >= 4 is 44.8 Å². The molecule has 2 aromatic carbocycles. The van der Waals surface area contributed by atoms with Crippen molar-refractivity contribution in [2.75, 3.05) is 18.4 Å². The average molecular weight is 413 g/mol. The number of carbonyl (C=O) groups is 1.